The third kappa shape index (κ3) is 3.78. The summed E-state index contributed by atoms with van der Waals surface area (Å²) in [5.41, 5.74) is 2.91. The number of carbonyl (C=O) groups excluding carboxylic acids is 1. The summed E-state index contributed by atoms with van der Waals surface area (Å²) in [6.07, 6.45) is 1.84. The first-order valence-corrected chi connectivity index (χ1v) is 10.6. The molecule has 1 fully saturated rings. The lowest BCUT2D eigenvalue weighted by atomic mass is 10.0. The van der Waals surface area contributed by atoms with E-state index < -0.39 is 0 Å². The number of hydrogen-bond acceptors (Lipinski definition) is 3. The van der Waals surface area contributed by atoms with Gasteiger partial charge in [-0.15, -0.1) is 0 Å². The quantitative estimate of drug-likeness (QED) is 0.634. The molecule has 1 amide bonds. The lowest BCUT2D eigenvalue weighted by Crippen LogP contribution is -2.45. The van der Waals surface area contributed by atoms with Crippen molar-refractivity contribution < 1.29 is 4.79 Å². The molecule has 0 unspecified atom stereocenters. The van der Waals surface area contributed by atoms with E-state index in [1.807, 2.05) is 30.3 Å². The van der Waals surface area contributed by atoms with Gasteiger partial charge in [0.25, 0.3) is 5.91 Å². The number of carbonyl (C=O) groups is 1. The fraction of sp³-hybridized carbons (Fsp3) is 0.364. The molecule has 1 aromatic heterocycles. The number of fused-ring (bicyclic) bond motifs is 1. The number of nitrogens with zero attached hydrogens (tertiary/aromatic N) is 3. The Hall–Kier alpha value is -2.34. The summed E-state index contributed by atoms with van der Waals surface area (Å²) in [6, 6.07) is 16.4. The molecule has 4 rings (SSSR count). The molecule has 1 aliphatic rings. The summed E-state index contributed by atoms with van der Waals surface area (Å²) < 4.78 is 3.23. The molecular weight excluding hydrogens is 416 g/mol. The average molecular weight is 441 g/mol. The Balaban J connectivity index is 1.45. The molecule has 1 saturated heterocycles. The van der Waals surface area contributed by atoms with E-state index in [0.29, 0.717) is 11.6 Å². The normalized spacial score (nSPS) is 15.4. The molecule has 5 nitrogen and oxygen atoms in total. The second-order valence-corrected chi connectivity index (χ2v) is 8.53. The van der Waals surface area contributed by atoms with Crippen LogP contribution in [0.2, 0.25) is 0 Å². The zero-order valence-corrected chi connectivity index (χ0v) is 17.8. The first-order valence-electron chi connectivity index (χ1n) is 9.81. The molecule has 146 valence electrons. The van der Waals surface area contributed by atoms with Crippen LogP contribution in [0.1, 0.15) is 43.1 Å². The molecule has 0 spiro atoms. The van der Waals surface area contributed by atoms with E-state index in [9.17, 15) is 4.79 Å². The van der Waals surface area contributed by atoms with E-state index in [-0.39, 0.29) is 11.9 Å². The zero-order valence-electron chi connectivity index (χ0n) is 16.2. The van der Waals surface area contributed by atoms with Crippen LogP contribution >= 0.6 is 15.9 Å². The number of amides is 1. The SMILES string of the molecule is CC(C)n1c(N2CCC(NC(=O)c3cccc(Br)c3)CC2)nc2ccccc21. The van der Waals surface area contributed by atoms with Crippen molar-refractivity contribution in [2.45, 2.75) is 38.8 Å². The monoisotopic (exact) mass is 440 g/mol. The van der Waals surface area contributed by atoms with Gasteiger partial charge in [0.1, 0.15) is 0 Å². The Morgan fingerprint density at radius 2 is 1.89 bits per heavy atom. The van der Waals surface area contributed by atoms with E-state index >= 15 is 0 Å². The van der Waals surface area contributed by atoms with Crippen molar-refractivity contribution >= 4 is 38.8 Å². The van der Waals surface area contributed by atoms with Crippen LogP contribution < -0.4 is 10.2 Å². The van der Waals surface area contributed by atoms with Crippen LogP contribution in [-0.2, 0) is 0 Å². The molecule has 3 aromatic rings. The molecule has 2 heterocycles. The smallest absolute Gasteiger partial charge is 0.251 e. The Morgan fingerprint density at radius 3 is 2.61 bits per heavy atom. The van der Waals surface area contributed by atoms with Crippen molar-refractivity contribution in [2.75, 3.05) is 18.0 Å². The summed E-state index contributed by atoms with van der Waals surface area (Å²) in [6.45, 7) is 6.17. The second-order valence-electron chi connectivity index (χ2n) is 7.61. The molecular formula is C22H25BrN4O. The Kier molecular flexibility index (Phi) is 5.40. The molecule has 1 N–H and O–H groups in total. The van der Waals surface area contributed by atoms with E-state index in [4.69, 9.17) is 4.98 Å². The predicted octanol–water partition coefficient (Wildman–Crippen LogP) is 4.78. The first-order chi connectivity index (χ1) is 13.5. The van der Waals surface area contributed by atoms with Crippen LogP contribution in [0.15, 0.2) is 53.0 Å². The zero-order chi connectivity index (χ0) is 19.7. The number of benzene rings is 2. The number of piperidine rings is 1. The maximum atomic E-state index is 12.5. The number of nitrogens with one attached hydrogen (secondary N) is 1. The largest absolute Gasteiger partial charge is 0.349 e. The van der Waals surface area contributed by atoms with Gasteiger partial charge >= 0.3 is 0 Å². The van der Waals surface area contributed by atoms with E-state index in [1.165, 1.54) is 5.52 Å². The molecule has 6 heteroatoms. The van der Waals surface area contributed by atoms with Gasteiger partial charge < -0.3 is 14.8 Å². The van der Waals surface area contributed by atoms with Gasteiger partial charge in [-0.3, -0.25) is 4.79 Å². The van der Waals surface area contributed by atoms with Crippen molar-refractivity contribution in [1.82, 2.24) is 14.9 Å². The summed E-state index contributed by atoms with van der Waals surface area (Å²) in [5, 5.41) is 3.18. The third-order valence-electron chi connectivity index (χ3n) is 5.29. The van der Waals surface area contributed by atoms with Gasteiger partial charge in [0.05, 0.1) is 11.0 Å². The van der Waals surface area contributed by atoms with Crippen LogP contribution in [0, 0.1) is 0 Å². The summed E-state index contributed by atoms with van der Waals surface area (Å²) in [4.78, 5) is 19.8. The van der Waals surface area contributed by atoms with E-state index in [2.05, 4.69) is 62.8 Å². The van der Waals surface area contributed by atoms with Crippen molar-refractivity contribution in [3.63, 3.8) is 0 Å². The molecule has 0 saturated carbocycles. The molecule has 0 aliphatic carbocycles. The molecule has 2 aromatic carbocycles. The highest BCUT2D eigenvalue weighted by molar-refractivity contribution is 9.10. The van der Waals surface area contributed by atoms with Gasteiger partial charge in [-0.25, -0.2) is 4.98 Å². The predicted molar refractivity (Wildman–Crippen MR) is 117 cm³/mol. The number of rotatable bonds is 4. The van der Waals surface area contributed by atoms with Gasteiger partial charge in [-0.2, -0.15) is 0 Å². The van der Waals surface area contributed by atoms with Gasteiger partial charge in [-0.1, -0.05) is 34.1 Å². The Bertz CT molecular complexity index is 989. The number of hydrogen-bond donors (Lipinski definition) is 1. The van der Waals surface area contributed by atoms with Crippen molar-refractivity contribution in [3.05, 3.63) is 58.6 Å². The van der Waals surface area contributed by atoms with Crippen molar-refractivity contribution in [3.8, 4) is 0 Å². The minimum atomic E-state index is -0.00540. The highest BCUT2D eigenvalue weighted by Gasteiger charge is 2.25. The minimum Gasteiger partial charge on any atom is -0.349 e. The Labute approximate surface area is 173 Å². The molecule has 0 bridgehead atoms. The van der Waals surface area contributed by atoms with Crippen molar-refractivity contribution in [1.29, 1.82) is 0 Å². The van der Waals surface area contributed by atoms with Crippen LogP contribution in [-0.4, -0.2) is 34.6 Å². The van der Waals surface area contributed by atoms with Crippen LogP contribution in [0.3, 0.4) is 0 Å². The van der Waals surface area contributed by atoms with Gasteiger partial charge in [0, 0.05) is 35.2 Å². The topological polar surface area (TPSA) is 50.2 Å². The van der Waals surface area contributed by atoms with Crippen LogP contribution in [0.25, 0.3) is 11.0 Å². The van der Waals surface area contributed by atoms with Gasteiger partial charge in [0.2, 0.25) is 5.95 Å². The first kappa shape index (κ1) is 19.0. The lowest BCUT2D eigenvalue weighted by molar-refractivity contribution is 0.0931. The van der Waals surface area contributed by atoms with Gasteiger partial charge in [0.15, 0.2) is 0 Å². The van der Waals surface area contributed by atoms with E-state index in [0.717, 1.165) is 41.9 Å². The number of anilines is 1. The van der Waals surface area contributed by atoms with Crippen LogP contribution in [0.4, 0.5) is 5.95 Å². The summed E-state index contributed by atoms with van der Waals surface area (Å²) in [5.74, 6) is 1.03. The van der Waals surface area contributed by atoms with Gasteiger partial charge in [-0.05, 0) is 57.0 Å². The third-order valence-corrected chi connectivity index (χ3v) is 5.79. The second kappa shape index (κ2) is 7.95. The molecule has 1 aliphatic heterocycles. The maximum Gasteiger partial charge on any atom is 0.251 e. The fourth-order valence-electron chi connectivity index (χ4n) is 3.89. The van der Waals surface area contributed by atoms with Crippen molar-refractivity contribution in [2.24, 2.45) is 0 Å². The average Bonchev–Trinajstić information content (AvgIpc) is 3.08. The summed E-state index contributed by atoms with van der Waals surface area (Å²) >= 11 is 3.43. The number of imidazole rings is 1. The molecule has 0 radical (unpaired) electrons. The summed E-state index contributed by atoms with van der Waals surface area (Å²) in [7, 11) is 0. The Morgan fingerprint density at radius 1 is 1.14 bits per heavy atom. The molecule has 28 heavy (non-hydrogen) atoms. The number of halogens is 1. The highest BCUT2D eigenvalue weighted by atomic mass is 79.9. The minimum absolute atomic E-state index is 0.00540. The highest BCUT2D eigenvalue weighted by Crippen LogP contribution is 2.28. The standard InChI is InChI=1S/C22H25BrN4O/c1-15(2)27-20-9-4-3-8-19(20)25-22(27)26-12-10-18(11-13-26)24-21(28)16-6-5-7-17(23)14-16/h3-9,14-15,18H,10-13H2,1-2H3,(H,24,28). The molecule has 0 atom stereocenters. The van der Waals surface area contributed by atoms with E-state index in [1.54, 1.807) is 0 Å². The number of para-hydroxylation sites is 2. The maximum absolute atomic E-state index is 12.5. The lowest BCUT2D eigenvalue weighted by Gasteiger charge is -2.34. The van der Waals surface area contributed by atoms with Crippen LogP contribution in [0.5, 0.6) is 0 Å². The number of aromatic nitrogens is 2. The fourth-order valence-corrected chi connectivity index (χ4v) is 4.29.